The quantitative estimate of drug-likeness (QED) is 0.803. The number of hydrogen-bond acceptors (Lipinski definition) is 3. The van der Waals surface area contributed by atoms with Gasteiger partial charge >= 0.3 is 0 Å². The number of benzene rings is 1. The Morgan fingerprint density at radius 1 is 1.07 bits per heavy atom. The van der Waals surface area contributed by atoms with Crippen LogP contribution in [-0.4, -0.2) is 53.3 Å². The fourth-order valence-corrected chi connectivity index (χ4v) is 4.43. The van der Waals surface area contributed by atoms with Gasteiger partial charge in [0, 0.05) is 37.3 Å². The number of likely N-dealkylation sites (tertiary alicyclic amines) is 1. The zero-order valence-corrected chi connectivity index (χ0v) is 16.3. The van der Waals surface area contributed by atoms with Crippen molar-refractivity contribution in [3.05, 3.63) is 35.4 Å². The molecule has 1 heterocycles. The highest BCUT2D eigenvalue weighted by molar-refractivity contribution is 5.95. The molecule has 1 aliphatic heterocycles. The molecule has 1 saturated heterocycles. The molecule has 0 radical (unpaired) electrons. The number of aryl methyl sites for hydroxylation is 1. The molecule has 0 spiro atoms. The molecule has 3 aliphatic rings. The average Bonchev–Trinajstić information content (AvgIpc) is 3.59. The van der Waals surface area contributed by atoms with Crippen molar-refractivity contribution >= 4 is 11.8 Å². The summed E-state index contributed by atoms with van der Waals surface area (Å²) >= 11 is 0. The molecule has 1 aromatic rings. The molecule has 0 unspecified atom stereocenters. The van der Waals surface area contributed by atoms with Crippen molar-refractivity contribution in [1.29, 1.82) is 0 Å². The van der Waals surface area contributed by atoms with Gasteiger partial charge in [-0.2, -0.15) is 0 Å². The maximum Gasteiger partial charge on any atom is 0.254 e. The van der Waals surface area contributed by atoms with Crippen LogP contribution in [0.3, 0.4) is 0 Å². The maximum absolute atomic E-state index is 13.2. The summed E-state index contributed by atoms with van der Waals surface area (Å²) in [5.74, 6) is 0.0457. The summed E-state index contributed by atoms with van der Waals surface area (Å²) in [4.78, 5) is 29.4. The van der Waals surface area contributed by atoms with Crippen molar-refractivity contribution < 1.29 is 9.59 Å². The Morgan fingerprint density at radius 3 is 2.15 bits per heavy atom. The lowest BCUT2D eigenvalue weighted by molar-refractivity contribution is -0.123. The minimum Gasteiger partial charge on any atom is -0.369 e. The molecule has 2 saturated carbocycles. The number of hydrogen-bond donors (Lipinski definition) is 1. The summed E-state index contributed by atoms with van der Waals surface area (Å²) in [5.41, 5.74) is 7.39. The molecule has 5 heteroatoms. The van der Waals surface area contributed by atoms with Crippen LogP contribution in [0.15, 0.2) is 24.3 Å². The molecular weight excluding hydrogens is 338 g/mol. The number of carbonyl (C=O) groups excluding carboxylic acids is 2. The normalized spacial score (nSPS) is 22.4. The maximum atomic E-state index is 13.2. The Labute approximate surface area is 161 Å². The Hall–Kier alpha value is -1.88. The summed E-state index contributed by atoms with van der Waals surface area (Å²) in [6, 6.07) is 8.83. The van der Waals surface area contributed by atoms with E-state index < -0.39 is 0 Å². The van der Waals surface area contributed by atoms with Crippen molar-refractivity contribution in [2.75, 3.05) is 19.6 Å². The first-order valence-electron chi connectivity index (χ1n) is 10.5. The number of amides is 2. The van der Waals surface area contributed by atoms with E-state index in [-0.39, 0.29) is 17.2 Å². The molecule has 4 rings (SSSR count). The fraction of sp³-hybridized carbons (Fsp3) is 0.636. The molecule has 3 fully saturated rings. The minimum absolute atomic E-state index is 0.144. The topological polar surface area (TPSA) is 66.6 Å². The van der Waals surface area contributed by atoms with E-state index in [1.54, 1.807) is 0 Å². The minimum atomic E-state index is -0.264. The summed E-state index contributed by atoms with van der Waals surface area (Å²) in [7, 11) is 0. The number of nitrogens with zero attached hydrogens (tertiary/aromatic N) is 2. The van der Waals surface area contributed by atoms with Crippen LogP contribution in [0.4, 0.5) is 0 Å². The van der Waals surface area contributed by atoms with E-state index in [0.717, 1.165) is 70.1 Å². The Kier molecular flexibility index (Phi) is 4.97. The van der Waals surface area contributed by atoms with E-state index >= 15 is 0 Å². The highest BCUT2D eigenvalue weighted by Crippen LogP contribution is 2.46. The van der Waals surface area contributed by atoms with Gasteiger partial charge in [0.15, 0.2) is 0 Å². The lowest BCUT2D eigenvalue weighted by Gasteiger charge is -2.39. The van der Waals surface area contributed by atoms with E-state index in [0.29, 0.717) is 12.1 Å². The van der Waals surface area contributed by atoms with Gasteiger partial charge in [-0.1, -0.05) is 19.1 Å². The van der Waals surface area contributed by atoms with Crippen LogP contribution >= 0.6 is 0 Å². The van der Waals surface area contributed by atoms with Crippen molar-refractivity contribution in [3.8, 4) is 0 Å². The average molecular weight is 370 g/mol. The standard InChI is InChI=1S/C22H31N3O2/c1-2-16-3-5-17(6-4-16)20(26)25(18-7-8-18)19-9-13-24(14-10-19)15-22(11-12-22)21(23)27/h3-6,18-19H,2,7-15H2,1H3,(H2,23,27). The number of piperidine rings is 1. The first-order chi connectivity index (χ1) is 13.0. The van der Waals surface area contributed by atoms with E-state index in [1.807, 2.05) is 12.1 Å². The van der Waals surface area contributed by atoms with Gasteiger partial charge in [0.05, 0.1) is 5.41 Å². The van der Waals surface area contributed by atoms with E-state index in [9.17, 15) is 9.59 Å². The lowest BCUT2D eigenvalue weighted by Crippen LogP contribution is -2.50. The van der Waals surface area contributed by atoms with Gasteiger partial charge in [0.2, 0.25) is 5.91 Å². The summed E-state index contributed by atoms with van der Waals surface area (Å²) < 4.78 is 0. The summed E-state index contributed by atoms with van der Waals surface area (Å²) in [5, 5.41) is 0. The molecule has 2 N–H and O–H groups in total. The molecule has 0 atom stereocenters. The van der Waals surface area contributed by atoms with E-state index in [1.165, 1.54) is 5.56 Å². The molecule has 0 bridgehead atoms. The van der Waals surface area contributed by atoms with Crippen molar-refractivity contribution in [3.63, 3.8) is 0 Å². The third kappa shape index (κ3) is 3.88. The molecule has 2 amide bonds. The van der Waals surface area contributed by atoms with Gasteiger partial charge in [0.25, 0.3) is 5.91 Å². The predicted molar refractivity (Wildman–Crippen MR) is 105 cm³/mol. The summed E-state index contributed by atoms with van der Waals surface area (Å²) in [6.07, 6.45) is 7.10. The third-order valence-corrected chi connectivity index (χ3v) is 6.64. The zero-order chi connectivity index (χ0) is 19.0. The number of primary amides is 1. The number of carbonyl (C=O) groups is 2. The van der Waals surface area contributed by atoms with Gasteiger partial charge in [-0.15, -0.1) is 0 Å². The van der Waals surface area contributed by atoms with Crippen molar-refractivity contribution in [2.24, 2.45) is 11.1 Å². The largest absolute Gasteiger partial charge is 0.369 e. The first kappa shape index (κ1) is 18.5. The van der Waals surface area contributed by atoms with Crippen LogP contribution in [0.1, 0.15) is 61.4 Å². The zero-order valence-electron chi connectivity index (χ0n) is 16.3. The second-order valence-electron chi connectivity index (χ2n) is 8.65. The molecule has 1 aromatic carbocycles. The highest BCUT2D eigenvalue weighted by Gasteiger charge is 2.50. The first-order valence-corrected chi connectivity index (χ1v) is 10.5. The van der Waals surface area contributed by atoms with Gasteiger partial charge in [-0.25, -0.2) is 0 Å². The van der Waals surface area contributed by atoms with Crippen molar-refractivity contribution in [1.82, 2.24) is 9.80 Å². The Morgan fingerprint density at radius 2 is 1.67 bits per heavy atom. The molecule has 146 valence electrons. The Balaban J connectivity index is 1.38. The van der Waals surface area contributed by atoms with Gasteiger partial charge in [-0.05, 0) is 62.6 Å². The SMILES string of the molecule is CCc1ccc(C(=O)N(C2CC2)C2CCN(CC3(C(N)=O)CC3)CC2)cc1. The molecular formula is C22H31N3O2. The van der Waals surface area contributed by atoms with Crippen molar-refractivity contribution in [2.45, 2.75) is 64.0 Å². The summed E-state index contributed by atoms with van der Waals surface area (Å²) in [6.45, 7) is 4.83. The smallest absolute Gasteiger partial charge is 0.254 e. The molecule has 2 aliphatic carbocycles. The van der Waals surface area contributed by atoms with Gasteiger partial charge in [0.1, 0.15) is 0 Å². The third-order valence-electron chi connectivity index (χ3n) is 6.64. The van der Waals surface area contributed by atoms with Crippen LogP contribution in [-0.2, 0) is 11.2 Å². The van der Waals surface area contributed by atoms with Gasteiger partial charge in [-0.3, -0.25) is 9.59 Å². The van der Waals surface area contributed by atoms with Crippen LogP contribution in [0.2, 0.25) is 0 Å². The lowest BCUT2D eigenvalue weighted by atomic mass is 9.98. The molecule has 27 heavy (non-hydrogen) atoms. The second-order valence-corrected chi connectivity index (χ2v) is 8.65. The highest BCUT2D eigenvalue weighted by atomic mass is 16.2. The molecule has 0 aromatic heterocycles. The molecule has 5 nitrogen and oxygen atoms in total. The van der Waals surface area contributed by atoms with Crippen LogP contribution in [0.25, 0.3) is 0 Å². The monoisotopic (exact) mass is 369 g/mol. The number of nitrogens with two attached hydrogens (primary N) is 1. The number of rotatable bonds is 7. The van der Waals surface area contributed by atoms with Gasteiger partial charge < -0.3 is 15.5 Å². The van der Waals surface area contributed by atoms with Crippen LogP contribution in [0.5, 0.6) is 0 Å². The fourth-order valence-electron chi connectivity index (χ4n) is 4.43. The predicted octanol–water partition coefficient (Wildman–Crippen LogP) is 2.58. The van der Waals surface area contributed by atoms with Crippen LogP contribution in [0, 0.1) is 5.41 Å². The Bertz CT molecular complexity index is 699. The van der Waals surface area contributed by atoms with Crippen LogP contribution < -0.4 is 5.73 Å². The van der Waals surface area contributed by atoms with E-state index in [2.05, 4.69) is 28.9 Å². The second kappa shape index (κ2) is 7.27. The van der Waals surface area contributed by atoms with E-state index in [4.69, 9.17) is 5.73 Å².